The van der Waals surface area contributed by atoms with Gasteiger partial charge in [0.25, 0.3) is 0 Å². The highest BCUT2D eigenvalue weighted by molar-refractivity contribution is 9.10. The van der Waals surface area contributed by atoms with E-state index in [2.05, 4.69) is 26.6 Å². The van der Waals surface area contributed by atoms with Crippen LogP contribution in [0.4, 0.5) is 5.69 Å². The second kappa shape index (κ2) is 8.74. The van der Waals surface area contributed by atoms with Crippen LogP contribution in [0.2, 0.25) is 0 Å². The van der Waals surface area contributed by atoms with E-state index in [0.717, 1.165) is 40.2 Å². The van der Waals surface area contributed by atoms with Crippen LogP contribution in [0, 0.1) is 0 Å². The fourth-order valence-corrected chi connectivity index (χ4v) is 2.68. The summed E-state index contributed by atoms with van der Waals surface area (Å²) in [5.41, 5.74) is 2.09. The molecule has 2 aromatic carbocycles. The van der Waals surface area contributed by atoms with E-state index in [1.165, 1.54) is 0 Å². The van der Waals surface area contributed by atoms with Crippen LogP contribution in [0.5, 0.6) is 11.5 Å². The van der Waals surface area contributed by atoms with Gasteiger partial charge in [-0.1, -0.05) is 18.2 Å². The molecule has 122 valence electrons. The zero-order valence-electron chi connectivity index (χ0n) is 13.1. The van der Waals surface area contributed by atoms with Gasteiger partial charge in [0.15, 0.2) is 16.6 Å². The Kier molecular flexibility index (Phi) is 6.67. The van der Waals surface area contributed by atoms with Crippen molar-refractivity contribution in [1.82, 2.24) is 5.32 Å². The normalized spacial score (nSPS) is 10.0. The minimum Gasteiger partial charge on any atom is -0.493 e. The molecule has 0 spiro atoms. The lowest BCUT2D eigenvalue weighted by atomic mass is 10.1. The number of anilines is 1. The number of ether oxygens (including phenoxy) is 2. The van der Waals surface area contributed by atoms with Crippen molar-refractivity contribution in [3.05, 3.63) is 52.5 Å². The topological polar surface area (TPSA) is 42.5 Å². The summed E-state index contributed by atoms with van der Waals surface area (Å²) in [5, 5.41) is 6.96. The first-order valence-electron chi connectivity index (χ1n) is 7.14. The second-order valence-corrected chi connectivity index (χ2v) is 6.06. The highest BCUT2D eigenvalue weighted by Gasteiger charge is 2.05. The summed E-state index contributed by atoms with van der Waals surface area (Å²) in [5.74, 6) is 1.47. The molecule has 0 fully saturated rings. The molecule has 0 heterocycles. The average molecular weight is 395 g/mol. The van der Waals surface area contributed by atoms with Crippen LogP contribution in [0.3, 0.4) is 0 Å². The number of hydrogen-bond donors (Lipinski definition) is 2. The molecule has 0 aliphatic rings. The Morgan fingerprint density at radius 1 is 1.09 bits per heavy atom. The number of benzene rings is 2. The molecule has 0 aliphatic heterocycles. The first-order chi connectivity index (χ1) is 11.1. The maximum absolute atomic E-state index is 5.31. The molecule has 0 atom stereocenters. The summed E-state index contributed by atoms with van der Waals surface area (Å²) in [6.07, 6.45) is 0.831. The third-order valence-corrected chi connectivity index (χ3v) is 4.21. The molecule has 4 nitrogen and oxygen atoms in total. The molecule has 0 aliphatic carbocycles. The second-order valence-electron chi connectivity index (χ2n) is 4.80. The first-order valence-corrected chi connectivity index (χ1v) is 8.34. The van der Waals surface area contributed by atoms with Gasteiger partial charge in [0, 0.05) is 11.0 Å². The summed E-state index contributed by atoms with van der Waals surface area (Å²) in [6.45, 7) is 0.728. The molecule has 2 rings (SSSR count). The van der Waals surface area contributed by atoms with Crippen molar-refractivity contribution < 1.29 is 9.47 Å². The Morgan fingerprint density at radius 3 is 2.52 bits per heavy atom. The third kappa shape index (κ3) is 5.11. The van der Waals surface area contributed by atoms with Gasteiger partial charge in [-0.05, 0) is 64.4 Å². The molecule has 0 bridgehead atoms. The van der Waals surface area contributed by atoms with Crippen LogP contribution in [-0.2, 0) is 6.42 Å². The number of hydrogen-bond acceptors (Lipinski definition) is 3. The SMILES string of the molecule is COc1ccc(CCNC(=S)Nc2ccccc2Br)cc1OC. The summed E-state index contributed by atoms with van der Waals surface area (Å²) in [6, 6.07) is 13.8. The summed E-state index contributed by atoms with van der Waals surface area (Å²) in [7, 11) is 3.27. The van der Waals surface area contributed by atoms with Crippen molar-refractivity contribution in [3.63, 3.8) is 0 Å². The zero-order valence-corrected chi connectivity index (χ0v) is 15.5. The zero-order chi connectivity index (χ0) is 16.7. The van der Waals surface area contributed by atoms with Crippen LogP contribution in [0.15, 0.2) is 46.9 Å². The van der Waals surface area contributed by atoms with Crippen LogP contribution >= 0.6 is 28.1 Å². The fourth-order valence-electron chi connectivity index (χ4n) is 2.09. The van der Waals surface area contributed by atoms with Crippen molar-refractivity contribution in [3.8, 4) is 11.5 Å². The Hall–Kier alpha value is -1.79. The van der Waals surface area contributed by atoms with Gasteiger partial charge in [0.2, 0.25) is 0 Å². The van der Waals surface area contributed by atoms with E-state index in [4.69, 9.17) is 21.7 Å². The maximum atomic E-state index is 5.31. The number of rotatable bonds is 6. The summed E-state index contributed by atoms with van der Waals surface area (Å²) >= 11 is 8.79. The van der Waals surface area contributed by atoms with E-state index in [-0.39, 0.29) is 0 Å². The maximum Gasteiger partial charge on any atom is 0.170 e. The van der Waals surface area contributed by atoms with Gasteiger partial charge in [0.05, 0.1) is 19.9 Å². The van der Waals surface area contributed by atoms with Crippen molar-refractivity contribution in [1.29, 1.82) is 0 Å². The fraction of sp³-hybridized carbons (Fsp3) is 0.235. The highest BCUT2D eigenvalue weighted by atomic mass is 79.9. The summed E-state index contributed by atoms with van der Waals surface area (Å²) in [4.78, 5) is 0. The number of para-hydroxylation sites is 1. The van der Waals surface area contributed by atoms with Crippen molar-refractivity contribution in [2.24, 2.45) is 0 Å². The van der Waals surface area contributed by atoms with Gasteiger partial charge in [-0.25, -0.2) is 0 Å². The molecule has 2 aromatic rings. The number of halogens is 1. The third-order valence-electron chi connectivity index (χ3n) is 3.27. The molecule has 2 N–H and O–H groups in total. The van der Waals surface area contributed by atoms with E-state index >= 15 is 0 Å². The molecule has 0 amide bonds. The largest absolute Gasteiger partial charge is 0.493 e. The molecule has 23 heavy (non-hydrogen) atoms. The predicted molar refractivity (Wildman–Crippen MR) is 102 cm³/mol. The summed E-state index contributed by atoms with van der Waals surface area (Å²) < 4.78 is 11.5. The lowest BCUT2D eigenvalue weighted by Gasteiger charge is -2.13. The van der Waals surface area contributed by atoms with Crippen LogP contribution < -0.4 is 20.1 Å². The van der Waals surface area contributed by atoms with E-state index < -0.39 is 0 Å². The average Bonchev–Trinajstić information content (AvgIpc) is 2.56. The quantitative estimate of drug-likeness (QED) is 0.724. The molecule has 0 unspecified atom stereocenters. The Morgan fingerprint density at radius 2 is 1.83 bits per heavy atom. The van der Waals surface area contributed by atoms with Crippen molar-refractivity contribution >= 4 is 38.9 Å². The van der Waals surface area contributed by atoms with E-state index in [9.17, 15) is 0 Å². The minimum absolute atomic E-state index is 0.595. The van der Waals surface area contributed by atoms with Gasteiger partial charge >= 0.3 is 0 Å². The molecule has 0 radical (unpaired) electrons. The first kappa shape index (κ1) is 17.6. The van der Waals surface area contributed by atoms with Gasteiger partial charge in [-0.3, -0.25) is 0 Å². The molecular formula is C17H19BrN2O2S. The molecule has 0 saturated carbocycles. The number of thiocarbonyl (C=S) groups is 1. The van der Waals surface area contributed by atoms with E-state index in [0.29, 0.717) is 5.11 Å². The molecule has 6 heteroatoms. The van der Waals surface area contributed by atoms with Crippen LogP contribution in [0.1, 0.15) is 5.56 Å². The molecular weight excluding hydrogens is 376 g/mol. The lowest BCUT2D eigenvalue weighted by molar-refractivity contribution is 0.354. The smallest absolute Gasteiger partial charge is 0.170 e. The van der Waals surface area contributed by atoms with Crippen LogP contribution in [-0.4, -0.2) is 25.9 Å². The van der Waals surface area contributed by atoms with Gasteiger partial charge in [-0.2, -0.15) is 0 Å². The Labute approximate surface area is 150 Å². The molecule has 0 aromatic heterocycles. The van der Waals surface area contributed by atoms with Gasteiger partial charge in [-0.15, -0.1) is 0 Å². The minimum atomic E-state index is 0.595. The predicted octanol–water partition coefficient (Wildman–Crippen LogP) is 4.00. The van der Waals surface area contributed by atoms with Gasteiger partial charge < -0.3 is 20.1 Å². The monoisotopic (exact) mass is 394 g/mol. The van der Waals surface area contributed by atoms with Crippen molar-refractivity contribution in [2.45, 2.75) is 6.42 Å². The lowest BCUT2D eigenvalue weighted by Crippen LogP contribution is -2.30. The van der Waals surface area contributed by atoms with E-state index in [1.54, 1.807) is 14.2 Å². The number of methoxy groups -OCH3 is 2. The van der Waals surface area contributed by atoms with Gasteiger partial charge in [0.1, 0.15) is 0 Å². The number of nitrogens with one attached hydrogen (secondary N) is 2. The van der Waals surface area contributed by atoms with Crippen LogP contribution in [0.25, 0.3) is 0 Å². The van der Waals surface area contributed by atoms with E-state index in [1.807, 2.05) is 42.5 Å². The van der Waals surface area contributed by atoms with Crippen molar-refractivity contribution in [2.75, 3.05) is 26.1 Å². The Balaban J connectivity index is 1.85. The molecule has 0 saturated heterocycles. The Bertz CT molecular complexity index is 679. The standard InChI is InChI=1S/C17H19BrN2O2S/c1-21-15-8-7-12(11-16(15)22-2)9-10-19-17(23)20-14-6-4-3-5-13(14)18/h3-8,11H,9-10H2,1-2H3,(H2,19,20,23). The highest BCUT2D eigenvalue weighted by Crippen LogP contribution is 2.27.